The first-order valence-corrected chi connectivity index (χ1v) is 7.61. The predicted molar refractivity (Wildman–Crippen MR) is 75.5 cm³/mol. The highest BCUT2D eigenvalue weighted by Crippen LogP contribution is 2.23. The van der Waals surface area contributed by atoms with Crippen LogP contribution >= 0.6 is 0 Å². The van der Waals surface area contributed by atoms with Gasteiger partial charge in [0.25, 0.3) is 0 Å². The highest BCUT2D eigenvalue weighted by atomic mass is 32.2. The molecule has 0 aliphatic rings. The minimum absolute atomic E-state index is 0.00417. The molecule has 1 atom stereocenters. The monoisotopic (exact) mass is 284 g/mol. The van der Waals surface area contributed by atoms with Crippen LogP contribution in [-0.4, -0.2) is 25.6 Å². The Hall–Kier alpha value is -1.56. The number of hydrogen-bond donors (Lipinski definition) is 2. The van der Waals surface area contributed by atoms with Crippen LogP contribution in [0.1, 0.15) is 26.3 Å². The lowest BCUT2D eigenvalue weighted by atomic mass is 10.2. The van der Waals surface area contributed by atoms with Crippen molar-refractivity contribution in [3.05, 3.63) is 23.8 Å². The third kappa shape index (κ3) is 3.47. The number of anilines is 1. The predicted octanol–water partition coefficient (Wildman–Crippen LogP) is 1.26. The van der Waals surface area contributed by atoms with Crippen LogP contribution in [0.3, 0.4) is 0 Å². The van der Waals surface area contributed by atoms with E-state index in [1.54, 1.807) is 26.0 Å². The number of hydrogen-bond acceptors (Lipinski definition) is 4. The van der Waals surface area contributed by atoms with Crippen molar-refractivity contribution in [1.82, 2.24) is 5.32 Å². The number of nitrogen functional groups attached to an aromatic ring is 1. The van der Waals surface area contributed by atoms with E-state index in [-0.39, 0.29) is 16.6 Å². The number of benzene rings is 1. The van der Waals surface area contributed by atoms with Crippen LogP contribution in [0.5, 0.6) is 0 Å². The number of amides is 1. The van der Waals surface area contributed by atoms with E-state index < -0.39 is 21.0 Å². The van der Waals surface area contributed by atoms with Gasteiger partial charge in [-0.15, -0.1) is 0 Å². The zero-order chi connectivity index (χ0) is 14.8. The van der Waals surface area contributed by atoms with E-state index in [1.807, 2.05) is 6.92 Å². The molecule has 5 nitrogen and oxygen atoms in total. The number of nitrogens with one attached hydrogen (secondary N) is 1. The molecule has 1 aromatic rings. The van der Waals surface area contributed by atoms with E-state index in [1.165, 1.54) is 13.0 Å². The lowest BCUT2D eigenvalue weighted by Gasteiger charge is -2.16. The van der Waals surface area contributed by atoms with Crippen LogP contribution in [-0.2, 0) is 14.6 Å². The average Bonchev–Trinajstić information content (AvgIpc) is 2.26. The fraction of sp³-hybridized carbons (Fsp3) is 0.462. The first-order chi connectivity index (χ1) is 8.66. The third-order valence-electron chi connectivity index (χ3n) is 2.74. The van der Waals surface area contributed by atoms with Crippen molar-refractivity contribution in [2.75, 3.05) is 5.73 Å². The highest BCUT2D eigenvalue weighted by molar-refractivity contribution is 7.93. The van der Waals surface area contributed by atoms with Crippen LogP contribution in [0.4, 0.5) is 5.69 Å². The molecule has 0 aliphatic heterocycles. The molecule has 0 aliphatic carbocycles. The van der Waals surface area contributed by atoms with Crippen LogP contribution < -0.4 is 11.1 Å². The lowest BCUT2D eigenvalue weighted by Crippen LogP contribution is -2.41. The molecule has 3 N–H and O–H groups in total. The SMILES string of the molecule is Cc1ccc(S(=O)(=O)C(C)C(=O)NC(C)C)c(N)c1. The number of nitrogens with two attached hydrogens (primary N) is 1. The molecule has 1 unspecified atom stereocenters. The second-order valence-electron chi connectivity index (χ2n) is 4.89. The zero-order valence-corrected chi connectivity index (χ0v) is 12.4. The number of aryl methyl sites for hydroxylation is 1. The smallest absolute Gasteiger partial charge is 0.238 e. The summed E-state index contributed by atoms with van der Waals surface area (Å²) in [5.41, 5.74) is 6.78. The zero-order valence-electron chi connectivity index (χ0n) is 11.6. The molecule has 1 rings (SSSR count). The van der Waals surface area contributed by atoms with E-state index in [0.29, 0.717) is 0 Å². The maximum atomic E-state index is 12.3. The first-order valence-electron chi connectivity index (χ1n) is 6.06. The van der Waals surface area contributed by atoms with Gasteiger partial charge >= 0.3 is 0 Å². The fourth-order valence-corrected chi connectivity index (χ4v) is 3.04. The largest absolute Gasteiger partial charge is 0.398 e. The fourth-order valence-electron chi connectivity index (χ4n) is 1.66. The first kappa shape index (κ1) is 15.5. The molecule has 0 fully saturated rings. The molecule has 0 bridgehead atoms. The van der Waals surface area contributed by atoms with Crippen molar-refractivity contribution >= 4 is 21.4 Å². The quantitative estimate of drug-likeness (QED) is 0.815. The Bertz CT molecular complexity index is 580. The van der Waals surface area contributed by atoms with Gasteiger partial charge < -0.3 is 11.1 Å². The second kappa shape index (κ2) is 5.61. The minimum atomic E-state index is -3.77. The standard InChI is InChI=1S/C13H20N2O3S/c1-8(2)15-13(16)10(4)19(17,18)12-6-5-9(3)7-11(12)14/h5-8,10H,14H2,1-4H3,(H,15,16). The van der Waals surface area contributed by atoms with E-state index in [2.05, 4.69) is 5.32 Å². The maximum absolute atomic E-state index is 12.3. The second-order valence-corrected chi connectivity index (χ2v) is 7.13. The molecule has 0 radical (unpaired) electrons. The summed E-state index contributed by atoms with van der Waals surface area (Å²) in [7, 11) is -3.77. The van der Waals surface area contributed by atoms with E-state index in [0.717, 1.165) is 5.56 Å². The van der Waals surface area contributed by atoms with Gasteiger partial charge in [-0.3, -0.25) is 4.79 Å². The summed E-state index contributed by atoms with van der Waals surface area (Å²) < 4.78 is 24.7. The number of sulfone groups is 1. The Morgan fingerprint density at radius 1 is 1.26 bits per heavy atom. The Labute approximate surface area is 114 Å². The average molecular weight is 284 g/mol. The molecular formula is C13H20N2O3S. The molecule has 6 heteroatoms. The van der Waals surface area contributed by atoms with Crippen molar-refractivity contribution in [3.8, 4) is 0 Å². The molecule has 106 valence electrons. The van der Waals surface area contributed by atoms with E-state index >= 15 is 0 Å². The summed E-state index contributed by atoms with van der Waals surface area (Å²) in [5, 5.41) is 1.42. The molecule has 0 saturated heterocycles. The summed E-state index contributed by atoms with van der Waals surface area (Å²) in [6, 6.07) is 4.58. The Morgan fingerprint density at radius 2 is 1.84 bits per heavy atom. The van der Waals surface area contributed by atoms with Gasteiger partial charge in [-0.2, -0.15) is 0 Å². The molecule has 0 aromatic heterocycles. The van der Waals surface area contributed by atoms with Crippen molar-refractivity contribution in [1.29, 1.82) is 0 Å². The van der Waals surface area contributed by atoms with Gasteiger partial charge in [0.2, 0.25) is 5.91 Å². The number of carbonyl (C=O) groups excluding carboxylic acids is 1. The van der Waals surface area contributed by atoms with Crippen LogP contribution in [0.15, 0.2) is 23.1 Å². The summed E-state index contributed by atoms with van der Waals surface area (Å²) in [5.74, 6) is -0.519. The van der Waals surface area contributed by atoms with Gasteiger partial charge in [0.1, 0.15) is 5.25 Å². The number of rotatable bonds is 4. The molecule has 0 saturated carbocycles. The van der Waals surface area contributed by atoms with Gasteiger partial charge in [0.05, 0.1) is 10.6 Å². The normalized spacial score (nSPS) is 13.3. The molecule has 1 aromatic carbocycles. The van der Waals surface area contributed by atoms with Crippen LogP contribution in [0, 0.1) is 6.92 Å². The molecule has 0 heterocycles. The Balaban J connectivity index is 3.13. The van der Waals surface area contributed by atoms with Gasteiger partial charge in [-0.1, -0.05) is 6.07 Å². The maximum Gasteiger partial charge on any atom is 0.238 e. The van der Waals surface area contributed by atoms with Gasteiger partial charge in [0.15, 0.2) is 9.84 Å². The molecular weight excluding hydrogens is 264 g/mol. The molecule has 19 heavy (non-hydrogen) atoms. The van der Waals surface area contributed by atoms with Crippen molar-refractivity contribution in [3.63, 3.8) is 0 Å². The third-order valence-corrected chi connectivity index (χ3v) is 4.87. The number of carbonyl (C=O) groups is 1. The van der Waals surface area contributed by atoms with Crippen LogP contribution in [0.25, 0.3) is 0 Å². The van der Waals surface area contributed by atoms with Gasteiger partial charge in [0, 0.05) is 6.04 Å². The van der Waals surface area contributed by atoms with E-state index in [9.17, 15) is 13.2 Å². The van der Waals surface area contributed by atoms with Crippen molar-refractivity contribution in [2.24, 2.45) is 0 Å². The summed E-state index contributed by atoms with van der Waals surface area (Å²) >= 11 is 0. The highest BCUT2D eigenvalue weighted by Gasteiger charge is 2.31. The molecule has 0 spiro atoms. The van der Waals surface area contributed by atoms with Crippen molar-refractivity contribution < 1.29 is 13.2 Å². The molecule has 1 amide bonds. The van der Waals surface area contributed by atoms with Crippen LogP contribution in [0.2, 0.25) is 0 Å². The summed E-state index contributed by atoms with van der Waals surface area (Å²) in [4.78, 5) is 11.8. The van der Waals surface area contributed by atoms with Gasteiger partial charge in [-0.25, -0.2) is 8.42 Å². The minimum Gasteiger partial charge on any atom is -0.398 e. The van der Waals surface area contributed by atoms with Crippen molar-refractivity contribution in [2.45, 2.75) is 43.9 Å². The topological polar surface area (TPSA) is 89.3 Å². The summed E-state index contributed by atoms with van der Waals surface area (Å²) in [6.07, 6.45) is 0. The summed E-state index contributed by atoms with van der Waals surface area (Å²) in [6.45, 7) is 6.74. The lowest BCUT2D eigenvalue weighted by molar-refractivity contribution is -0.120. The van der Waals surface area contributed by atoms with Gasteiger partial charge in [-0.05, 0) is 45.4 Å². The Kier molecular flexibility index (Phi) is 4.57. The Morgan fingerprint density at radius 3 is 2.32 bits per heavy atom. The van der Waals surface area contributed by atoms with E-state index in [4.69, 9.17) is 5.73 Å².